The summed E-state index contributed by atoms with van der Waals surface area (Å²) in [7, 11) is 0. The molecule has 1 saturated carbocycles. The lowest BCUT2D eigenvalue weighted by atomic mass is 10.1. The number of carbonyl (C=O) groups is 1. The molecule has 0 aliphatic heterocycles. The number of allylic oxidation sites excluding steroid dienone is 4. The van der Waals surface area contributed by atoms with E-state index in [0.29, 0.717) is 0 Å². The van der Waals surface area contributed by atoms with Gasteiger partial charge in [0.25, 0.3) is 0 Å². The van der Waals surface area contributed by atoms with E-state index in [4.69, 9.17) is 10.2 Å². The second-order valence-corrected chi connectivity index (χ2v) is 5.35. The predicted molar refractivity (Wildman–Crippen MR) is 80.1 cm³/mol. The maximum absolute atomic E-state index is 10.3. The van der Waals surface area contributed by atoms with Crippen LogP contribution in [0.1, 0.15) is 45.4 Å². The van der Waals surface area contributed by atoms with Crippen molar-refractivity contribution in [1.29, 1.82) is 0 Å². The molecule has 2 N–H and O–H groups in total. The molecule has 0 aromatic heterocycles. The van der Waals surface area contributed by atoms with Crippen LogP contribution in [-0.2, 0) is 4.79 Å². The van der Waals surface area contributed by atoms with Crippen LogP contribution in [-0.4, -0.2) is 22.3 Å². The van der Waals surface area contributed by atoms with Crippen molar-refractivity contribution in [2.24, 2.45) is 11.8 Å². The predicted octanol–water partition coefficient (Wildman–Crippen LogP) is 3.15. The van der Waals surface area contributed by atoms with Gasteiger partial charge in [-0.05, 0) is 56.9 Å². The van der Waals surface area contributed by atoms with Gasteiger partial charge in [-0.1, -0.05) is 30.1 Å². The topological polar surface area (TPSA) is 57.5 Å². The van der Waals surface area contributed by atoms with E-state index in [9.17, 15) is 4.79 Å². The van der Waals surface area contributed by atoms with Gasteiger partial charge in [0.2, 0.25) is 0 Å². The molecule has 0 heterocycles. The number of aliphatic carboxylic acids is 1. The monoisotopic (exact) mass is 276 g/mol. The Labute approximate surface area is 121 Å². The van der Waals surface area contributed by atoms with Crippen molar-refractivity contribution in [3.63, 3.8) is 0 Å². The van der Waals surface area contributed by atoms with Crippen LogP contribution in [0.25, 0.3) is 0 Å². The molecule has 1 rings (SSSR count). The molecule has 20 heavy (non-hydrogen) atoms. The number of hydrogen-bond acceptors (Lipinski definition) is 2. The zero-order valence-corrected chi connectivity index (χ0v) is 12.1. The lowest BCUT2D eigenvalue weighted by Crippen LogP contribution is -1.92. The van der Waals surface area contributed by atoms with Gasteiger partial charge in [0, 0.05) is 6.42 Å². The Morgan fingerprint density at radius 2 is 2.00 bits per heavy atom. The summed E-state index contributed by atoms with van der Waals surface area (Å²) in [5.41, 5.74) is 0. The molecule has 1 aliphatic rings. The highest BCUT2D eigenvalue weighted by Gasteiger charge is 2.34. The quantitative estimate of drug-likeness (QED) is 0.407. The van der Waals surface area contributed by atoms with Gasteiger partial charge in [0.1, 0.15) is 6.10 Å². The second kappa shape index (κ2) is 9.39. The Balaban J connectivity index is 2.02. The third-order valence-corrected chi connectivity index (χ3v) is 3.37. The van der Waals surface area contributed by atoms with E-state index in [1.54, 1.807) is 6.92 Å². The SMILES string of the molecule is CC(O)C#C/C=C\C[C@H]1C[C@H]1C/C=C\CCCC(=O)O. The fourth-order valence-electron chi connectivity index (χ4n) is 2.12. The van der Waals surface area contributed by atoms with E-state index in [-0.39, 0.29) is 6.42 Å². The summed E-state index contributed by atoms with van der Waals surface area (Å²) in [6.45, 7) is 1.65. The fourth-order valence-corrected chi connectivity index (χ4v) is 2.12. The van der Waals surface area contributed by atoms with Crippen molar-refractivity contribution < 1.29 is 15.0 Å². The molecule has 0 aromatic rings. The zero-order valence-electron chi connectivity index (χ0n) is 12.1. The Morgan fingerprint density at radius 3 is 2.65 bits per heavy atom. The van der Waals surface area contributed by atoms with Crippen molar-refractivity contribution in [1.82, 2.24) is 0 Å². The molecule has 3 atom stereocenters. The van der Waals surface area contributed by atoms with Crippen LogP contribution in [0.4, 0.5) is 0 Å². The molecular formula is C17H24O3. The van der Waals surface area contributed by atoms with Gasteiger partial charge in [0.05, 0.1) is 0 Å². The number of rotatable bonds is 8. The van der Waals surface area contributed by atoms with Gasteiger partial charge in [0.15, 0.2) is 0 Å². The van der Waals surface area contributed by atoms with Crippen molar-refractivity contribution in [2.45, 2.75) is 51.6 Å². The molecule has 0 bridgehead atoms. The van der Waals surface area contributed by atoms with Crippen LogP contribution in [0.3, 0.4) is 0 Å². The molecule has 3 nitrogen and oxygen atoms in total. The molecular weight excluding hydrogens is 252 g/mol. The number of aliphatic hydroxyl groups is 1. The van der Waals surface area contributed by atoms with Crippen molar-refractivity contribution in [3.8, 4) is 11.8 Å². The number of carboxylic acids is 1. The first-order valence-electron chi connectivity index (χ1n) is 7.30. The minimum absolute atomic E-state index is 0.259. The van der Waals surface area contributed by atoms with Crippen LogP contribution in [0.2, 0.25) is 0 Å². The molecule has 0 saturated heterocycles. The average molecular weight is 276 g/mol. The molecule has 0 amide bonds. The third kappa shape index (κ3) is 8.55. The first-order valence-corrected chi connectivity index (χ1v) is 7.30. The maximum atomic E-state index is 10.3. The molecule has 1 unspecified atom stereocenters. The highest BCUT2D eigenvalue weighted by molar-refractivity contribution is 5.66. The Bertz CT molecular complexity index is 410. The summed E-state index contributed by atoms with van der Waals surface area (Å²) < 4.78 is 0. The summed E-state index contributed by atoms with van der Waals surface area (Å²) in [5, 5.41) is 17.5. The van der Waals surface area contributed by atoms with E-state index in [2.05, 4.69) is 30.1 Å². The van der Waals surface area contributed by atoms with E-state index in [1.807, 2.05) is 6.08 Å². The molecule has 0 radical (unpaired) electrons. The largest absolute Gasteiger partial charge is 0.481 e. The van der Waals surface area contributed by atoms with Gasteiger partial charge < -0.3 is 10.2 Å². The maximum Gasteiger partial charge on any atom is 0.303 e. The molecule has 110 valence electrons. The summed E-state index contributed by atoms with van der Waals surface area (Å²) in [5.74, 6) is 6.32. The number of carboxylic acid groups (broad SMARTS) is 1. The molecule has 0 spiro atoms. The van der Waals surface area contributed by atoms with Gasteiger partial charge >= 0.3 is 5.97 Å². The van der Waals surface area contributed by atoms with Gasteiger partial charge in [-0.3, -0.25) is 4.79 Å². The number of hydrogen-bond donors (Lipinski definition) is 2. The lowest BCUT2D eigenvalue weighted by Gasteiger charge is -1.93. The van der Waals surface area contributed by atoms with E-state index < -0.39 is 12.1 Å². The van der Waals surface area contributed by atoms with E-state index >= 15 is 0 Å². The first-order chi connectivity index (χ1) is 9.59. The summed E-state index contributed by atoms with van der Waals surface area (Å²) in [4.78, 5) is 10.3. The summed E-state index contributed by atoms with van der Waals surface area (Å²) in [6, 6.07) is 0. The zero-order chi connectivity index (χ0) is 14.8. The van der Waals surface area contributed by atoms with Crippen LogP contribution >= 0.6 is 0 Å². The van der Waals surface area contributed by atoms with E-state index in [0.717, 1.165) is 37.5 Å². The second-order valence-electron chi connectivity index (χ2n) is 5.35. The minimum Gasteiger partial charge on any atom is -0.481 e. The molecule has 3 heteroatoms. The van der Waals surface area contributed by atoms with Gasteiger partial charge in [-0.25, -0.2) is 0 Å². The van der Waals surface area contributed by atoms with Crippen molar-refractivity contribution >= 4 is 5.97 Å². The van der Waals surface area contributed by atoms with Crippen LogP contribution in [0, 0.1) is 23.7 Å². The number of aliphatic hydroxyl groups excluding tert-OH is 1. The first kappa shape index (κ1) is 16.5. The van der Waals surface area contributed by atoms with Crippen LogP contribution in [0.15, 0.2) is 24.3 Å². The highest BCUT2D eigenvalue weighted by Crippen LogP contribution is 2.44. The van der Waals surface area contributed by atoms with Crippen molar-refractivity contribution in [2.75, 3.05) is 0 Å². The highest BCUT2D eigenvalue weighted by atomic mass is 16.4. The van der Waals surface area contributed by atoms with Gasteiger partial charge in [-0.15, -0.1) is 0 Å². The third-order valence-electron chi connectivity index (χ3n) is 3.37. The fraction of sp³-hybridized carbons (Fsp3) is 0.588. The molecule has 0 aromatic carbocycles. The van der Waals surface area contributed by atoms with Crippen LogP contribution < -0.4 is 0 Å². The standard InChI is InChI=1S/C17H24O3/c1-14(18)9-5-4-7-11-16-13-15(16)10-6-2-3-8-12-17(19)20/h2,4,6-7,14-16,18H,3,8,10-13H2,1H3,(H,19,20)/b6-2-,7-4-/t14?,15-,16+/m1/s1. The van der Waals surface area contributed by atoms with Crippen molar-refractivity contribution in [3.05, 3.63) is 24.3 Å². The summed E-state index contributed by atoms with van der Waals surface area (Å²) >= 11 is 0. The molecule has 1 aliphatic carbocycles. The normalized spacial score (nSPS) is 22.7. The Hall–Kier alpha value is -1.53. The minimum atomic E-state index is -0.717. The smallest absolute Gasteiger partial charge is 0.303 e. The van der Waals surface area contributed by atoms with Gasteiger partial charge in [-0.2, -0.15) is 0 Å². The van der Waals surface area contributed by atoms with E-state index in [1.165, 1.54) is 6.42 Å². The van der Waals surface area contributed by atoms with Crippen LogP contribution in [0.5, 0.6) is 0 Å². The molecule has 1 fully saturated rings. The number of unbranched alkanes of at least 4 members (excludes halogenated alkanes) is 1. The lowest BCUT2D eigenvalue weighted by molar-refractivity contribution is -0.137. The average Bonchev–Trinajstić information content (AvgIpc) is 3.11. The summed E-state index contributed by atoms with van der Waals surface area (Å²) in [6.07, 6.45) is 12.9. The Morgan fingerprint density at radius 1 is 1.30 bits per heavy atom. The Kier molecular flexibility index (Phi) is 7.75.